The van der Waals surface area contributed by atoms with Crippen molar-refractivity contribution in [2.45, 2.75) is 13.5 Å². The van der Waals surface area contributed by atoms with E-state index in [1.54, 1.807) is 0 Å². The lowest BCUT2D eigenvalue weighted by molar-refractivity contribution is 0.696. The molecular weight excluding hydrogens is 208 g/mol. The standard InChI is InChI=1S/C15H14N2/c1-12-7-8-14-11-17(16-15(14)9-12)10-13-5-3-2-4-6-13/h2-9,11H,10H2,1H3. The van der Waals surface area contributed by atoms with Gasteiger partial charge in [-0.3, -0.25) is 4.68 Å². The quantitative estimate of drug-likeness (QED) is 0.650. The van der Waals surface area contributed by atoms with Gasteiger partial charge in [-0.15, -0.1) is 0 Å². The van der Waals surface area contributed by atoms with E-state index in [0.29, 0.717) is 0 Å². The highest BCUT2D eigenvalue weighted by Gasteiger charge is 2.01. The van der Waals surface area contributed by atoms with E-state index in [0.717, 1.165) is 12.1 Å². The molecule has 0 fully saturated rings. The van der Waals surface area contributed by atoms with Crippen LogP contribution in [0.25, 0.3) is 10.9 Å². The van der Waals surface area contributed by atoms with E-state index in [9.17, 15) is 0 Å². The lowest BCUT2D eigenvalue weighted by Gasteiger charge is -2.00. The van der Waals surface area contributed by atoms with E-state index in [4.69, 9.17) is 0 Å². The molecule has 0 aliphatic rings. The molecule has 0 atom stereocenters. The van der Waals surface area contributed by atoms with Crippen LogP contribution in [0.15, 0.2) is 54.7 Å². The maximum Gasteiger partial charge on any atom is 0.0926 e. The SMILES string of the molecule is Cc1ccc2cn(Cc3ccccc3)nc2c1. The van der Waals surface area contributed by atoms with Crippen molar-refractivity contribution in [2.24, 2.45) is 0 Å². The monoisotopic (exact) mass is 222 g/mol. The van der Waals surface area contributed by atoms with Gasteiger partial charge < -0.3 is 0 Å². The Labute approximate surface area is 101 Å². The number of nitrogens with zero attached hydrogens (tertiary/aromatic N) is 2. The third-order valence-electron chi connectivity index (χ3n) is 2.90. The number of aromatic nitrogens is 2. The van der Waals surface area contributed by atoms with Crippen LogP contribution in [0.2, 0.25) is 0 Å². The molecule has 0 spiro atoms. The predicted molar refractivity (Wildman–Crippen MR) is 70.0 cm³/mol. The number of fused-ring (bicyclic) bond motifs is 1. The van der Waals surface area contributed by atoms with Gasteiger partial charge in [0.25, 0.3) is 0 Å². The molecule has 0 unspecified atom stereocenters. The van der Waals surface area contributed by atoms with E-state index in [1.165, 1.54) is 16.5 Å². The third-order valence-corrected chi connectivity index (χ3v) is 2.90. The highest BCUT2D eigenvalue weighted by atomic mass is 15.3. The molecule has 0 saturated carbocycles. The molecule has 0 aliphatic carbocycles. The van der Waals surface area contributed by atoms with Gasteiger partial charge in [0, 0.05) is 11.6 Å². The summed E-state index contributed by atoms with van der Waals surface area (Å²) in [5.41, 5.74) is 3.60. The Morgan fingerprint density at radius 3 is 2.71 bits per heavy atom. The first-order valence-electron chi connectivity index (χ1n) is 5.79. The summed E-state index contributed by atoms with van der Waals surface area (Å²) in [5, 5.41) is 5.79. The summed E-state index contributed by atoms with van der Waals surface area (Å²) in [5.74, 6) is 0. The lowest BCUT2D eigenvalue weighted by Crippen LogP contribution is -1.99. The van der Waals surface area contributed by atoms with Crippen LogP contribution in [0, 0.1) is 6.92 Å². The van der Waals surface area contributed by atoms with Crippen LogP contribution >= 0.6 is 0 Å². The number of aryl methyl sites for hydroxylation is 1. The van der Waals surface area contributed by atoms with Crippen molar-refractivity contribution >= 4 is 10.9 Å². The first-order chi connectivity index (χ1) is 8.31. The molecule has 0 saturated heterocycles. The Kier molecular flexibility index (Phi) is 2.41. The molecule has 1 aromatic heterocycles. The molecule has 3 aromatic rings. The summed E-state index contributed by atoms with van der Waals surface area (Å²) in [6.45, 7) is 2.92. The van der Waals surface area contributed by atoms with E-state index in [-0.39, 0.29) is 0 Å². The number of hydrogen-bond donors (Lipinski definition) is 0. The molecular formula is C15H14N2. The second-order valence-corrected chi connectivity index (χ2v) is 4.37. The largest absolute Gasteiger partial charge is 0.267 e. The zero-order valence-electron chi connectivity index (χ0n) is 9.80. The van der Waals surface area contributed by atoms with Crippen molar-refractivity contribution in [3.63, 3.8) is 0 Å². The average Bonchev–Trinajstić information content (AvgIpc) is 2.71. The molecule has 0 radical (unpaired) electrons. The molecule has 84 valence electrons. The highest BCUT2D eigenvalue weighted by Crippen LogP contribution is 2.14. The van der Waals surface area contributed by atoms with Gasteiger partial charge in [0.1, 0.15) is 0 Å². The highest BCUT2D eigenvalue weighted by molar-refractivity contribution is 5.78. The fraction of sp³-hybridized carbons (Fsp3) is 0.133. The first kappa shape index (κ1) is 10.1. The molecule has 2 aromatic carbocycles. The zero-order chi connectivity index (χ0) is 11.7. The van der Waals surface area contributed by atoms with Crippen molar-refractivity contribution in [1.82, 2.24) is 9.78 Å². The Morgan fingerprint density at radius 1 is 1.06 bits per heavy atom. The zero-order valence-corrected chi connectivity index (χ0v) is 9.80. The molecule has 1 heterocycles. The van der Waals surface area contributed by atoms with Crippen molar-refractivity contribution in [3.05, 3.63) is 65.9 Å². The molecule has 17 heavy (non-hydrogen) atoms. The van der Waals surface area contributed by atoms with Gasteiger partial charge in [-0.25, -0.2) is 0 Å². The first-order valence-corrected chi connectivity index (χ1v) is 5.79. The third kappa shape index (κ3) is 2.07. The topological polar surface area (TPSA) is 17.8 Å². The number of hydrogen-bond acceptors (Lipinski definition) is 1. The van der Waals surface area contributed by atoms with Crippen LogP contribution in [-0.2, 0) is 6.54 Å². The van der Waals surface area contributed by atoms with Gasteiger partial charge in [-0.05, 0) is 24.1 Å². The van der Waals surface area contributed by atoms with Gasteiger partial charge in [0.2, 0.25) is 0 Å². The summed E-state index contributed by atoms with van der Waals surface area (Å²) in [6, 6.07) is 16.8. The van der Waals surface area contributed by atoms with Crippen LogP contribution < -0.4 is 0 Å². The smallest absolute Gasteiger partial charge is 0.0926 e. The number of rotatable bonds is 2. The van der Waals surface area contributed by atoms with Crippen molar-refractivity contribution < 1.29 is 0 Å². The summed E-state index contributed by atoms with van der Waals surface area (Å²) in [4.78, 5) is 0. The second-order valence-electron chi connectivity index (χ2n) is 4.37. The molecule has 0 N–H and O–H groups in total. The average molecular weight is 222 g/mol. The summed E-state index contributed by atoms with van der Waals surface area (Å²) in [7, 11) is 0. The Bertz CT molecular complexity index is 638. The van der Waals surface area contributed by atoms with Crippen molar-refractivity contribution in [3.8, 4) is 0 Å². The normalized spacial score (nSPS) is 10.9. The summed E-state index contributed by atoms with van der Waals surface area (Å²) >= 11 is 0. The van der Waals surface area contributed by atoms with Gasteiger partial charge in [-0.1, -0.05) is 42.5 Å². The van der Waals surface area contributed by atoms with Crippen LogP contribution in [0.3, 0.4) is 0 Å². The van der Waals surface area contributed by atoms with Gasteiger partial charge in [0.15, 0.2) is 0 Å². The molecule has 0 aliphatic heterocycles. The van der Waals surface area contributed by atoms with Crippen molar-refractivity contribution in [2.75, 3.05) is 0 Å². The van der Waals surface area contributed by atoms with E-state index in [1.807, 2.05) is 10.7 Å². The van der Waals surface area contributed by atoms with E-state index < -0.39 is 0 Å². The fourth-order valence-electron chi connectivity index (χ4n) is 2.03. The number of benzene rings is 2. The van der Waals surface area contributed by atoms with Crippen LogP contribution in [0.5, 0.6) is 0 Å². The minimum atomic E-state index is 0.828. The second kappa shape index (κ2) is 4.06. The maximum absolute atomic E-state index is 4.59. The lowest BCUT2D eigenvalue weighted by atomic mass is 10.2. The van der Waals surface area contributed by atoms with Crippen LogP contribution in [-0.4, -0.2) is 9.78 Å². The molecule has 2 nitrogen and oxygen atoms in total. The molecule has 0 amide bonds. The predicted octanol–water partition coefficient (Wildman–Crippen LogP) is 3.39. The maximum atomic E-state index is 4.59. The minimum absolute atomic E-state index is 0.828. The van der Waals surface area contributed by atoms with E-state index >= 15 is 0 Å². The van der Waals surface area contributed by atoms with Crippen molar-refractivity contribution in [1.29, 1.82) is 0 Å². The molecule has 3 rings (SSSR count). The summed E-state index contributed by atoms with van der Waals surface area (Å²) < 4.78 is 2.00. The Balaban J connectivity index is 1.96. The van der Waals surface area contributed by atoms with E-state index in [2.05, 4.69) is 60.7 Å². The van der Waals surface area contributed by atoms with Gasteiger partial charge >= 0.3 is 0 Å². The van der Waals surface area contributed by atoms with Gasteiger partial charge in [0.05, 0.1) is 12.1 Å². The summed E-state index contributed by atoms with van der Waals surface area (Å²) in [6.07, 6.45) is 2.10. The Hall–Kier alpha value is -2.09. The van der Waals surface area contributed by atoms with Gasteiger partial charge in [-0.2, -0.15) is 5.10 Å². The van der Waals surface area contributed by atoms with Crippen LogP contribution in [0.4, 0.5) is 0 Å². The molecule has 0 bridgehead atoms. The fourth-order valence-corrected chi connectivity index (χ4v) is 2.03. The molecule has 2 heteroatoms. The minimum Gasteiger partial charge on any atom is -0.267 e. The van der Waals surface area contributed by atoms with Crippen LogP contribution in [0.1, 0.15) is 11.1 Å². The Morgan fingerprint density at radius 2 is 1.88 bits per heavy atom.